The van der Waals surface area contributed by atoms with Gasteiger partial charge in [-0.25, -0.2) is 9.59 Å². The normalized spacial score (nSPS) is 17.9. The minimum Gasteiger partial charge on any atom is -0.468 e. The number of aliphatic hydroxyl groups is 1. The molecule has 1 unspecified atom stereocenters. The van der Waals surface area contributed by atoms with Crippen LogP contribution in [0.3, 0.4) is 0 Å². The number of hydrogen-bond acceptors (Lipinski definition) is 8. The number of hydrogen-bond donors (Lipinski definition) is 2. The van der Waals surface area contributed by atoms with Crippen LogP contribution >= 0.6 is 0 Å². The number of aliphatic hydroxyl groups excluding tert-OH is 1. The number of nitrogens with zero attached hydrogens (tertiary/aromatic N) is 2. The van der Waals surface area contributed by atoms with Gasteiger partial charge in [-0.1, -0.05) is 30.3 Å². The molecule has 178 valence electrons. The SMILES string of the molecule is COC(=O)C1CN(C(=O)OC(C)(C)C)CCN1C[C@@H](CO)NC(=O)OCc1ccccc1. The van der Waals surface area contributed by atoms with Gasteiger partial charge in [0.25, 0.3) is 0 Å². The molecule has 1 fully saturated rings. The van der Waals surface area contributed by atoms with E-state index in [0.717, 1.165) is 5.56 Å². The molecule has 0 radical (unpaired) electrons. The first-order valence-corrected chi connectivity index (χ1v) is 10.5. The van der Waals surface area contributed by atoms with Gasteiger partial charge in [-0.2, -0.15) is 0 Å². The first-order valence-electron chi connectivity index (χ1n) is 10.5. The number of methoxy groups -OCH3 is 1. The average molecular weight is 452 g/mol. The maximum atomic E-state index is 12.4. The van der Waals surface area contributed by atoms with E-state index in [0.29, 0.717) is 13.1 Å². The molecule has 1 heterocycles. The Balaban J connectivity index is 1.94. The molecular formula is C22H33N3O7. The number of carbonyl (C=O) groups excluding carboxylic acids is 3. The molecule has 1 aromatic rings. The fourth-order valence-electron chi connectivity index (χ4n) is 3.25. The van der Waals surface area contributed by atoms with Crippen molar-refractivity contribution >= 4 is 18.2 Å². The maximum Gasteiger partial charge on any atom is 0.410 e. The van der Waals surface area contributed by atoms with E-state index < -0.39 is 35.8 Å². The fraction of sp³-hybridized carbons (Fsp3) is 0.591. The minimum absolute atomic E-state index is 0.0815. The van der Waals surface area contributed by atoms with Gasteiger partial charge >= 0.3 is 18.2 Å². The summed E-state index contributed by atoms with van der Waals surface area (Å²) in [6, 6.07) is 7.81. The number of esters is 1. The number of amides is 2. The molecule has 2 N–H and O–H groups in total. The highest BCUT2D eigenvalue weighted by Gasteiger charge is 2.37. The Morgan fingerprint density at radius 2 is 1.88 bits per heavy atom. The molecule has 10 nitrogen and oxygen atoms in total. The van der Waals surface area contributed by atoms with Crippen LogP contribution < -0.4 is 5.32 Å². The largest absolute Gasteiger partial charge is 0.468 e. The summed E-state index contributed by atoms with van der Waals surface area (Å²) < 4.78 is 15.5. The van der Waals surface area contributed by atoms with Crippen LogP contribution in [0.2, 0.25) is 0 Å². The summed E-state index contributed by atoms with van der Waals surface area (Å²) in [4.78, 5) is 40.1. The molecule has 32 heavy (non-hydrogen) atoms. The molecule has 0 aliphatic carbocycles. The molecule has 10 heteroatoms. The van der Waals surface area contributed by atoms with Crippen LogP contribution in [0.4, 0.5) is 9.59 Å². The van der Waals surface area contributed by atoms with E-state index in [1.54, 1.807) is 25.7 Å². The lowest BCUT2D eigenvalue weighted by Gasteiger charge is -2.41. The summed E-state index contributed by atoms with van der Waals surface area (Å²) in [6.07, 6.45) is -1.18. The van der Waals surface area contributed by atoms with E-state index in [4.69, 9.17) is 14.2 Å². The van der Waals surface area contributed by atoms with Gasteiger partial charge in [-0.15, -0.1) is 0 Å². The number of carbonyl (C=O) groups is 3. The molecule has 0 spiro atoms. The van der Waals surface area contributed by atoms with Gasteiger partial charge in [0.15, 0.2) is 0 Å². The predicted octanol–water partition coefficient (Wildman–Crippen LogP) is 1.37. The summed E-state index contributed by atoms with van der Waals surface area (Å²) in [5, 5.41) is 12.4. The fourth-order valence-corrected chi connectivity index (χ4v) is 3.25. The van der Waals surface area contributed by atoms with Crippen LogP contribution in [-0.4, -0.2) is 90.6 Å². The van der Waals surface area contributed by atoms with Crippen LogP contribution in [-0.2, 0) is 25.6 Å². The van der Waals surface area contributed by atoms with Crippen LogP contribution in [0.15, 0.2) is 30.3 Å². The summed E-state index contributed by atoms with van der Waals surface area (Å²) in [6.45, 7) is 6.01. The highest BCUT2D eigenvalue weighted by molar-refractivity contribution is 5.78. The molecule has 0 bridgehead atoms. The van der Waals surface area contributed by atoms with Crippen molar-refractivity contribution < 1.29 is 33.7 Å². The number of rotatable bonds is 7. The summed E-state index contributed by atoms with van der Waals surface area (Å²) in [5.74, 6) is -0.512. The zero-order valence-corrected chi connectivity index (χ0v) is 19.1. The van der Waals surface area contributed by atoms with Gasteiger partial charge in [0.1, 0.15) is 18.2 Å². The average Bonchev–Trinajstić information content (AvgIpc) is 2.76. The van der Waals surface area contributed by atoms with Crippen LogP contribution in [0.1, 0.15) is 26.3 Å². The Hall–Kier alpha value is -2.85. The quantitative estimate of drug-likeness (QED) is 0.472. The van der Waals surface area contributed by atoms with E-state index in [-0.39, 0.29) is 26.3 Å². The molecule has 0 saturated carbocycles. The molecule has 2 atom stereocenters. The molecule has 1 aliphatic rings. The third-order valence-electron chi connectivity index (χ3n) is 4.83. The first-order chi connectivity index (χ1) is 15.1. The van der Waals surface area contributed by atoms with Gasteiger partial charge in [-0.3, -0.25) is 9.69 Å². The number of piperazine rings is 1. The monoisotopic (exact) mass is 451 g/mol. The standard InChI is InChI=1S/C22H33N3O7/c1-22(2,3)32-21(29)25-11-10-24(18(13-25)19(27)30-4)12-17(14-26)23-20(28)31-15-16-8-6-5-7-9-16/h5-9,17-18,26H,10-15H2,1-4H3,(H,23,28)/t17-,18?/m0/s1. The van der Waals surface area contributed by atoms with E-state index in [1.165, 1.54) is 12.0 Å². The van der Waals surface area contributed by atoms with Crippen molar-refractivity contribution in [3.05, 3.63) is 35.9 Å². The Morgan fingerprint density at radius 3 is 2.47 bits per heavy atom. The summed E-state index contributed by atoms with van der Waals surface area (Å²) >= 11 is 0. The molecular weight excluding hydrogens is 418 g/mol. The molecule has 2 rings (SSSR count). The molecule has 1 saturated heterocycles. The molecule has 2 amide bonds. The number of benzene rings is 1. The van der Waals surface area contributed by atoms with Gasteiger partial charge in [0.2, 0.25) is 0 Å². The van der Waals surface area contributed by atoms with Gasteiger partial charge in [-0.05, 0) is 26.3 Å². The van der Waals surface area contributed by atoms with Crippen molar-refractivity contribution in [3.63, 3.8) is 0 Å². The number of ether oxygens (including phenoxy) is 3. The third-order valence-corrected chi connectivity index (χ3v) is 4.83. The Kier molecular flexibility index (Phi) is 9.27. The number of alkyl carbamates (subject to hydrolysis) is 1. The Morgan fingerprint density at radius 1 is 1.19 bits per heavy atom. The zero-order valence-electron chi connectivity index (χ0n) is 19.1. The van der Waals surface area contributed by atoms with Crippen LogP contribution in [0.25, 0.3) is 0 Å². The lowest BCUT2D eigenvalue weighted by atomic mass is 10.1. The minimum atomic E-state index is -0.752. The van der Waals surface area contributed by atoms with Gasteiger partial charge in [0.05, 0.1) is 26.3 Å². The van der Waals surface area contributed by atoms with E-state index in [9.17, 15) is 19.5 Å². The Labute approximate surface area is 188 Å². The van der Waals surface area contributed by atoms with E-state index >= 15 is 0 Å². The predicted molar refractivity (Wildman–Crippen MR) is 116 cm³/mol. The zero-order chi connectivity index (χ0) is 23.7. The molecule has 0 aromatic heterocycles. The maximum absolute atomic E-state index is 12.4. The summed E-state index contributed by atoms with van der Waals surface area (Å²) in [5.41, 5.74) is 0.188. The van der Waals surface area contributed by atoms with Gasteiger partial charge < -0.3 is 29.5 Å². The van der Waals surface area contributed by atoms with Crippen LogP contribution in [0, 0.1) is 0 Å². The topological polar surface area (TPSA) is 118 Å². The van der Waals surface area contributed by atoms with E-state index in [2.05, 4.69) is 5.32 Å². The highest BCUT2D eigenvalue weighted by Crippen LogP contribution is 2.16. The first kappa shape index (κ1) is 25.4. The third kappa shape index (κ3) is 8.01. The Bertz CT molecular complexity index is 767. The smallest absolute Gasteiger partial charge is 0.410 e. The van der Waals surface area contributed by atoms with Crippen molar-refractivity contribution in [2.24, 2.45) is 0 Å². The lowest BCUT2D eigenvalue weighted by Crippen LogP contribution is -2.61. The van der Waals surface area contributed by atoms with Crippen LogP contribution in [0.5, 0.6) is 0 Å². The van der Waals surface area contributed by atoms with Crippen molar-refractivity contribution in [2.75, 3.05) is 39.9 Å². The highest BCUT2D eigenvalue weighted by atomic mass is 16.6. The van der Waals surface area contributed by atoms with Crippen molar-refractivity contribution in [3.8, 4) is 0 Å². The molecule has 1 aromatic carbocycles. The van der Waals surface area contributed by atoms with Gasteiger partial charge in [0, 0.05) is 19.6 Å². The second-order valence-electron chi connectivity index (χ2n) is 8.55. The molecule has 1 aliphatic heterocycles. The van der Waals surface area contributed by atoms with E-state index in [1.807, 2.05) is 30.3 Å². The second kappa shape index (κ2) is 11.7. The van der Waals surface area contributed by atoms with Crippen molar-refractivity contribution in [1.29, 1.82) is 0 Å². The summed E-state index contributed by atoms with van der Waals surface area (Å²) in [7, 11) is 1.27. The van der Waals surface area contributed by atoms with Crippen molar-refractivity contribution in [1.82, 2.24) is 15.1 Å². The lowest BCUT2D eigenvalue weighted by molar-refractivity contribution is -0.149. The van der Waals surface area contributed by atoms with Crippen molar-refractivity contribution in [2.45, 2.75) is 45.1 Å². The second-order valence-corrected chi connectivity index (χ2v) is 8.55. The number of nitrogens with one attached hydrogen (secondary N) is 1.